The molecule has 88 valence electrons. The standard InChI is InChI=1S/C13H11ClO3/c1-2-17-13(16)8-5-10-3-6-11(7-4-10)12(15)9-14/h3-4,6-7H,2,9H2,1H3. The number of ether oxygens (including phenoxy) is 1. The van der Waals surface area contributed by atoms with Crippen molar-refractivity contribution < 1.29 is 14.3 Å². The fraction of sp³-hybridized carbons (Fsp3) is 0.231. The van der Waals surface area contributed by atoms with Gasteiger partial charge in [-0.25, -0.2) is 4.79 Å². The van der Waals surface area contributed by atoms with Gasteiger partial charge in [0.1, 0.15) is 0 Å². The molecule has 0 fully saturated rings. The quantitative estimate of drug-likeness (QED) is 0.357. The topological polar surface area (TPSA) is 43.4 Å². The van der Waals surface area contributed by atoms with Gasteiger partial charge in [0.05, 0.1) is 12.5 Å². The lowest BCUT2D eigenvalue weighted by atomic mass is 10.1. The number of hydrogen-bond acceptors (Lipinski definition) is 3. The maximum Gasteiger partial charge on any atom is 0.384 e. The molecule has 0 spiro atoms. The maximum absolute atomic E-state index is 11.2. The van der Waals surface area contributed by atoms with E-state index in [4.69, 9.17) is 11.6 Å². The number of Topliss-reactive ketones (excluding diaryl/α,β-unsaturated/α-hetero) is 1. The van der Waals surface area contributed by atoms with Crippen LogP contribution in [0.25, 0.3) is 0 Å². The molecule has 0 aliphatic heterocycles. The first kappa shape index (κ1) is 13.3. The molecule has 17 heavy (non-hydrogen) atoms. The zero-order chi connectivity index (χ0) is 12.7. The molecule has 0 saturated carbocycles. The molecule has 0 aliphatic carbocycles. The zero-order valence-corrected chi connectivity index (χ0v) is 10.1. The first-order chi connectivity index (χ1) is 8.17. The number of esters is 1. The van der Waals surface area contributed by atoms with E-state index in [2.05, 4.69) is 16.6 Å². The molecule has 0 N–H and O–H groups in total. The Morgan fingerprint density at radius 3 is 2.47 bits per heavy atom. The summed E-state index contributed by atoms with van der Waals surface area (Å²) in [6.07, 6.45) is 0. The van der Waals surface area contributed by atoms with Crippen molar-refractivity contribution in [2.24, 2.45) is 0 Å². The van der Waals surface area contributed by atoms with Gasteiger partial charge in [-0.1, -0.05) is 18.1 Å². The van der Waals surface area contributed by atoms with E-state index < -0.39 is 5.97 Å². The van der Waals surface area contributed by atoms with Crippen molar-refractivity contribution in [3.63, 3.8) is 0 Å². The summed E-state index contributed by atoms with van der Waals surface area (Å²) >= 11 is 5.43. The van der Waals surface area contributed by atoms with E-state index in [1.54, 1.807) is 31.2 Å². The van der Waals surface area contributed by atoms with Crippen molar-refractivity contribution in [2.45, 2.75) is 6.92 Å². The molecular formula is C13H11ClO3. The molecule has 0 saturated heterocycles. The largest absolute Gasteiger partial charge is 0.456 e. The first-order valence-electron chi connectivity index (χ1n) is 5.05. The second-order valence-corrected chi connectivity index (χ2v) is 3.37. The molecule has 1 rings (SSSR count). The Labute approximate surface area is 105 Å². The summed E-state index contributed by atoms with van der Waals surface area (Å²) in [4.78, 5) is 22.2. The summed E-state index contributed by atoms with van der Waals surface area (Å²) in [5.74, 6) is 4.23. The van der Waals surface area contributed by atoms with Crippen LogP contribution >= 0.6 is 11.6 Å². The monoisotopic (exact) mass is 250 g/mol. The predicted octanol–water partition coefficient (Wildman–Crippen LogP) is 2.02. The Balaban J connectivity index is 2.75. The third-order valence-corrected chi connectivity index (χ3v) is 2.16. The molecule has 3 nitrogen and oxygen atoms in total. The summed E-state index contributed by atoms with van der Waals surface area (Å²) in [5.41, 5.74) is 1.17. The van der Waals surface area contributed by atoms with Gasteiger partial charge in [0.25, 0.3) is 0 Å². The Bertz CT molecular complexity index is 466. The van der Waals surface area contributed by atoms with Gasteiger partial charge in [-0.05, 0) is 19.1 Å². The molecule has 0 heterocycles. The molecule has 0 amide bonds. The Kier molecular flexibility index (Phi) is 5.25. The molecule has 0 unspecified atom stereocenters. The van der Waals surface area contributed by atoms with Gasteiger partial charge in [0, 0.05) is 17.0 Å². The highest BCUT2D eigenvalue weighted by molar-refractivity contribution is 6.30. The second-order valence-electron chi connectivity index (χ2n) is 3.10. The normalized spacial score (nSPS) is 9.06. The molecular weight excluding hydrogens is 240 g/mol. The summed E-state index contributed by atoms with van der Waals surface area (Å²) in [6.45, 7) is 2.02. The Morgan fingerprint density at radius 2 is 1.94 bits per heavy atom. The van der Waals surface area contributed by atoms with Crippen LogP contribution < -0.4 is 0 Å². The molecule has 1 aromatic rings. The van der Waals surface area contributed by atoms with Gasteiger partial charge in [0.2, 0.25) is 0 Å². The van der Waals surface area contributed by atoms with Gasteiger partial charge >= 0.3 is 5.97 Å². The summed E-state index contributed by atoms with van der Waals surface area (Å²) in [7, 11) is 0. The number of rotatable bonds is 3. The van der Waals surface area contributed by atoms with Crippen LogP contribution in [0.1, 0.15) is 22.8 Å². The minimum absolute atomic E-state index is 0.0478. The van der Waals surface area contributed by atoms with Crippen LogP contribution in [0, 0.1) is 11.8 Å². The van der Waals surface area contributed by atoms with E-state index in [1.807, 2.05) is 0 Å². The van der Waals surface area contributed by atoms with Crippen LogP contribution in [0.3, 0.4) is 0 Å². The second kappa shape index (κ2) is 6.72. The lowest BCUT2D eigenvalue weighted by Crippen LogP contribution is -2.00. The molecule has 0 atom stereocenters. The average Bonchev–Trinajstić information content (AvgIpc) is 2.36. The van der Waals surface area contributed by atoms with E-state index in [1.165, 1.54) is 0 Å². The van der Waals surface area contributed by atoms with Crippen molar-refractivity contribution in [1.82, 2.24) is 0 Å². The fourth-order valence-corrected chi connectivity index (χ4v) is 1.26. The van der Waals surface area contributed by atoms with Gasteiger partial charge in [-0.2, -0.15) is 0 Å². The minimum atomic E-state index is -0.562. The first-order valence-corrected chi connectivity index (χ1v) is 5.58. The predicted molar refractivity (Wildman–Crippen MR) is 65.0 cm³/mol. The van der Waals surface area contributed by atoms with Crippen molar-refractivity contribution >= 4 is 23.4 Å². The summed E-state index contributed by atoms with van der Waals surface area (Å²) in [5, 5.41) is 0. The van der Waals surface area contributed by atoms with Gasteiger partial charge in [0.15, 0.2) is 5.78 Å². The Morgan fingerprint density at radius 1 is 1.29 bits per heavy atom. The zero-order valence-electron chi connectivity index (χ0n) is 9.33. The van der Waals surface area contributed by atoms with Crippen molar-refractivity contribution in [1.29, 1.82) is 0 Å². The average molecular weight is 251 g/mol. The third kappa shape index (κ3) is 4.29. The lowest BCUT2D eigenvalue weighted by molar-refractivity contribution is -0.136. The summed E-state index contributed by atoms with van der Waals surface area (Å²) < 4.78 is 4.66. The van der Waals surface area contributed by atoms with Crippen LogP contribution in [0.15, 0.2) is 24.3 Å². The van der Waals surface area contributed by atoms with Crippen LogP contribution in [0.5, 0.6) is 0 Å². The van der Waals surface area contributed by atoms with E-state index in [0.29, 0.717) is 17.7 Å². The van der Waals surface area contributed by atoms with Crippen LogP contribution in [0.2, 0.25) is 0 Å². The van der Waals surface area contributed by atoms with Gasteiger partial charge in [-0.3, -0.25) is 4.79 Å². The van der Waals surface area contributed by atoms with Crippen molar-refractivity contribution in [3.05, 3.63) is 35.4 Å². The highest BCUT2D eigenvalue weighted by atomic mass is 35.5. The number of benzene rings is 1. The number of carbonyl (C=O) groups excluding carboxylic acids is 2. The van der Waals surface area contributed by atoms with E-state index >= 15 is 0 Å². The van der Waals surface area contributed by atoms with Crippen molar-refractivity contribution in [2.75, 3.05) is 12.5 Å². The van der Waals surface area contributed by atoms with E-state index in [-0.39, 0.29) is 11.7 Å². The van der Waals surface area contributed by atoms with E-state index in [9.17, 15) is 9.59 Å². The van der Waals surface area contributed by atoms with Gasteiger partial charge < -0.3 is 4.74 Å². The SMILES string of the molecule is CCOC(=O)C#Cc1ccc(C(=O)CCl)cc1. The van der Waals surface area contributed by atoms with Gasteiger partial charge in [-0.15, -0.1) is 11.6 Å². The van der Waals surface area contributed by atoms with E-state index in [0.717, 1.165) is 0 Å². The highest BCUT2D eigenvalue weighted by Crippen LogP contribution is 2.05. The molecule has 0 aliphatic rings. The lowest BCUT2D eigenvalue weighted by Gasteiger charge is -1.96. The summed E-state index contributed by atoms with van der Waals surface area (Å²) in [6, 6.07) is 6.57. The van der Waals surface area contributed by atoms with Crippen molar-refractivity contribution in [3.8, 4) is 11.8 Å². The molecule has 1 aromatic carbocycles. The smallest absolute Gasteiger partial charge is 0.384 e. The maximum atomic E-state index is 11.2. The number of halogens is 1. The van der Waals surface area contributed by atoms with Crippen LogP contribution in [-0.4, -0.2) is 24.2 Å². The molecule has 0 radical (unpaired) electrons. The number of alkyl halides is 1. The molecule has 0 aromatic heterocycles. The number of carbonyl (C=O) groups is 2. The van der Waals surface area contributed by atoms with Crippen LogP contribution in [-0.2, 0) is 9.53 Å². The molecule has 4 heteroatoms. The fourth-order valence-electron chi connectivity index (χ4n) is 1.11. The highest BCUT2D eigenvalue weighted by Gasteiger charge is 2.02. The number of ketones is 1. The minimum Gasteiger partial charge on any atom is -0.456 e. The molecule has 0 bridgehead atoms. The van der Waals surface area contributed by atoms with Crippen LogP contribution in [0.4, 0.5) is 0 Å². The number of hydrogen-bond donors (Lipinski definition) is 0. The third-order valence-electron chi connectivity index (χ3n) is 1.91. The Hall–Kier alpha value is -1.79.